The fourth-order valence-corrected chi connectivity index (χ4v) is 1.96. The fourth-order valence-electron chi connectivity index (χ4n) is 1.96. The third kappa shape index (κ3) is 4.32. The maximum atomic E-state index is 11.6. The average molecular weight is 213 g/mol. The van der Waals surface area contributed by atoms with Crippen LogP contribution < -0.4 is 5.32 Å². The number of carbonyl (C=O) groups excluding carboxylic acids is 1. The minimum atomic E-state index is -0.808. The van der Waals surface area contributed by atoms with Crippen molar-refractivity contribution in [3.63, 3.8) is 0 Å². The molecule has 1 aliphatic carbocycles. The van der Waals surface area contributed by atoms with Crippen LogP contribution in [0.1, 0.15) is 45.4 Å². The van der Waals surface area contributed by atoms with Crippen LogP contribution >= 0.6 is 0 Å². The molecule has 1 atom stereocenters. The molecule has 0 radical (unpaired) electrons. The fraction of sp³-hybridized carbons (Fsp3) is 0.818. The monoisotopic (exact) mass is 213 g/mol. The van der Waals surface area contributed by atoms with Crippen molar-refractivity contribution in [2.45, 2.75) is 51.5 Å². The lowest BCUT2D eigenvalue weighted by atomic mass is 10.1. The molecule has 0 unspecified atom stereocenters. The van der Waals surface area contributed by atoms with E-state index < -0.39 is 5.97 Å². The Morgan fingerprint density at radius 1 is 1.40 bits per heavy atom. The Morgan fingerprint density at radius 2 is 2.00 bits per heavy atom. The van der Waals surface area contributed by atoms with Gasteiger partial charge in [0.05, 0.1) is 0 Å². The molecule has 1 fully saturated rings. The van der Waals surface area contributed by atoms with Gasteiger partial charge in [0.25, 0.3) is 0 Å². The van der Waals surface area contributed by atoms with Gasteiger partial charge in [0.2, 0.25) is 5.91 Å². The molecule has 0 saturated heterocycles. The summed E-state index contributed by atoms with van der Waals surface area (Å²) >= 11 is 0. The summed E-state index contributed by atoms with van der Waals surface area (Å²) < 4.78 is 0. The quantitative estimate of drug-likeness (QED) is 0.728. The second-order valence-electron chi connectivity index (χ2n) is 4.32. The van der Waals surface area contributed by atoms with Crippen molar-refractivity contribution in [2.75, 3.05) is 0 Å². The SMILES string of the molecule is C[C@H](CCC(=O)O)NC(=O)C1CCCC1. The van der Waals surface area contributed by atoms with E-state index in [1.165, 1.54) is 0 Å². The van der Waals surface area contributed by atoms with E-state index in [4.69, 9.17) is 5.11 Å². The summed E-state index contributed by atoms with van der Waals surface area (Å²) in [6.07, 6.45) is 4.87. The second kappa shape index (κ2) is 5.73. The van der Waals surface area contributed by atoms with E-state index >= 15 is 0 Å². The summed E-state index contributed by atoms with van der Waals surface area (Å²) in [6, 6.07) is -0.0331. The summed E-state index contributed by atoms with van der Waals surface area (Å²) in [7, 11) is 0. The Kier molecular flexibility index (Phi) is 4.59. The van der Waals surface area contributed by atoms with Gasteiger partial charge in [-0.3, -0.25) is 9.59 Å². The van der Waals surface area contributed by atoms with Crippen molar-refractivity contribution in [2.24, 2.45) is 5.92 Å². The molecule has 0 heterocycles. The normalized spacial score (nSPS) is 18.7. The third-order valence-corrected chi connectivity index (χ3v) is 2.91. The van der Waals surface area contributed by atoms with Crippen LogP contribution in [0.2, 0.25) is 0 Å². The molecule has 86 valence electrons. The molecular weight excluding hydrogens is 194 g/mol. The highest BCUT2D eigenvalue weighted by molar-refractivity contribution is 5.79. The van der Waals surface area contributed by atoms with E-state index in [9.17, 15) is 9.59 Å². The Morgan fingerprint density at radius 3 is 2.53 bits per heavy atom. The lowest BCUT2D eigenvalue weighted by Crippen LogP contribution is -2.36. The highest BCUT2D eigenvalue weighted by Gasteiger charge is 2.23. The Balaban J connectivity index is 2.21. The van der Waals surface area contributed by atoms with Crippen LogP contribution in [0, 0.1) is 5.92 Å². The molecule has 0 aromatic heterocycles. The number of hydrogen-bond acceptors (Lipinski definition) is 2. The van der Waals surface area contributed by atoms with Crippen LogP contribution in [0.3, 0.4) is 0 Å². The van der Waals surface area contributed by atoms with Crippen LogP contribution in [0.4, 0.5) is 0 Å². The first kappa shape index (κ1) is 12.0. The van der Waals surface area contributed by atoms with Gasteiger partial charge >= 0.3 is 5.97 Å². The van der Waals surface area contributed by atoms with Gasteiger partial charge in [-0.25, -0.2) is 0 Å². The van der Waals surface area contributed by atoms with E-state index in [1.807, 2.05) is 6.92 Å². The van der Waals surface area contributed by atoms with E-state index in [0.717, 1.165) is 25.7 Å². The molecule has 4 heteroatoms. The molecule has 2 N–H and O–H groups in total. The van der Waals surface area contributed by atoms with Crippen molar-refractivity contribution < 1.29 is 14.7 Å². The molecule has 0 spiro atoms. The molecule has 4 nitrogen and oxygen atoms in total. The molecular formula is C11H19NO3. The number of amides is 1. The first-order chi connectivity index (χ1) is 7.09. The summed E-state index contributed by atoms with van der Waals surface area (Å²) in [4.78, 5) is 22.0. The highest BCUT2D eigenvalue weighted by Crippen LogP contribution is 2.24. The van der Waals surface area contributed by atoms with Gasteiger partial charge in [0.15, 0.2) is 0 Å². The van der Waals surface area contributed by atoms with Crippen molar-refractivity contribution in [1.29, 1.82) is 0 Å². The van der Waals surface area contributed by atoms with Gasteiger partial charge in [-0.1, -0.05) is 12.8 Å². The Labute approximate surface area is 90.0 Å². The predicted octanol–water partition coefficient (Wildman–Crippen LogP) is 1.55. The number of nitrogens with one attached hydrogen (secondary N) is 1. The zero-order chi connectivity index (χ0) is 11.3. The molecule has 0 bridgehead atoms. The third-order valence-electron chi connectivity index (χ3n) is 2.91. The zero-order valence-electron chi connectivity index (χ0n) is 9.16. The van der Waals surface area contributed by atoms with Crippen LogP contribution in [0.15, 0.2) is 0 Å². The van der Waals surface area contributed by atoms with Crippen LogP contribution in [-0.4, -0.2) is 23.0 Å². The number of carboxylic acids is 1. The Hall–Kier alpha value is -1.06. The van der Waals surface area contributed by atoms with Gasteiger partial charge in [0.1, 0.15) is 0 Å². The van der Waals surface area contributed by atoms with Gasteiger partial charge in [-0.15, -0.1) is 0 Å². The van der Waals surface area contributed by atoms with Crippen molar-refractivity contribution in [3.05, 3.63) is 0 Å². The van der Waals surface area contributed by atoms with Gasteiger partial charge in [-0.2, -0.15) is 0 Å². The topological polar surface area (TPSA) is 66.4 Å². The predicted molar refractivity (Wildman–Crippen MR) is 56.4 cm³/mol. The number of carboxylic acid groups (broad SMARTS) is 1. The number of hydrogen-bond donors (Lipinski definition) is 2. The second-order valence-corrected chi connectivity index (χ2v) is 4.32. The lowest BCUT2D eigenvalue weighted by molar-refractivity contribution is -0.137. The summed E-state index contributed by atoms with van der Waals surface area (Å²) in [6.45, 7) is 1.86. The molecule has 0 aromatic rings. The molecule has 0 aliphatic heterocycles. The van der Waals surface area contributed by atoms with Crippen molar-refractivity contribution in [1.82, 2.24) is 5.32 Å². The number of aliphatic carboxylic acids is 1. The van der Waals surface area contributed by atoms with Gasteiger partial charge in [0, 0.05) is 18.4 Å². The molecule has 15 heavy (non-hydrogen) atoms. The van der Waals surface area contributed by atoms with E-state index in [0.29, 0.717) is 6.42 Å². The largest absolute Gasteiger partial charge is 0.481 e. The summed E-state index contributed by atoms with van der Waals surface area (Å²) in [5.74, 6) is -0.542. The van der Waals surface area contributed by atoms with E-state index in [2.05, 4.69) is 5.32 Å². The molecule has 1 amide bonds. The van der Waals surface area contributed by atoms with E-state index in [-0.39, 0.29) is 24.3 Å². The van der Waals surface area contributed by atoms with Crippen LogP contribution in [-0.2, 0) is 9.59 Å². The van der Waals surface area contributed by atoms with Crippen LogP contribution in [0.5, 0.6) is 0 Å². The molecule has 1 saturated carbocycles. The summed E-state index contributed by atoms with van der Waals surface area (Å²) in [5, 5.41) is 11.4. The minimum Gasteiger partial charge on any atom is -0.481 e. The molecule has 1 rings (SSSR count). The summed E-state index contributed by atoms with van der Waals surface area (Å²) in [5.41, 5.74) is 0. The maximum Gasteiger partial charge on any atom is 0.303 e. The number of carbonyl (C=O) groups is 2. The smallest absolute Gasteiger partial charge is 0.303 e. The lowest BCUT2D eigenvalue weighted by Gasteiger charge is -2.15. The molecule has 1 aliphatic rings. The molecule has 0 aromatic carbocycles. The van der Waals surface area contributed by atoms with Crippen LogP contribution in [0.25, 0.3) is 0 Å². The Bertz CT molecular complexity index is 234. The van der Waals surface area contributed by atoms with Gasteiger partial charge < -0.3 is 10.4 Å². The number of rotatable bonds is 5. The van der Waals surface area contributed by atoms with Crippen molar-refractivity contribution >= 4 is 11.9 Å². The first-order valence-electron chi connectivity index (χ1n) is 5.61. The average Bonchev–Trinajstić information content (AvgIpc) is 2.67. The standard InChI is InChI=1S/C11H19NO3/c1-8(6-7-10(13)14)12-11(15)9-4-2-3-5-9/h8-9H,2-7H2,1H3,(H,12,15)(H,13,14)/t8-/m1/s1. The minimum absolute atomic E-state index is 0.0331. The van der Waals surface area contributed by atoms with Crippen molar-refractivity contribution in [3.8, 4) is 0 Å². The maximum absolute atomic E-state index is 11.6. The van der Waals surface area contributed by atoms with Gasteiger partial charge in [-0.05, 0) is 26.2 Å². The zero-order valence-corrected chi connectivity index (χ0v) is 9.16. The highest BCUT2D eigenvalue weighted by atomic mass is 16.4. The first-order valence-corrected chi connectivity index (χ1v) is 5.61. The van der Waals surface area contributed by atoms with E-state index in [1.54, 1.807) is 0 Å².